The summed E-state index contributed by atoms with van der Waals surface area (Å²) in [6, 6.07) is 22.5. The van der Waals surface area contributed by atoms with Gasteiger partial charge in [0.05, 0.1) is 47.8 Å². The molecule has 3 aliphatic rings. The van der Waals surface area contributed by atoms with Crippen LogP contribution in [0.1, 0.15) is 50.8 Å². The molecule has 0 aliphatic carbocycles. The number of carbonyl (C=O) groups excluding carboxylic acids is 1. The van der Waals surface area contributed by atoms with Gasteiger partial charge in [0.2, 0.25) is 10.0 Å². The van der Waals surface area contributed by atoms with Crippen LogP contribution in [0, 0.1) is 23.2 Å². The number of carbonyl (C=O) groups is 1. The van der Waals surface area contributed by atoms with Gasteiger partial charge in [0.1, 0.15) is 24.2 Å². The van der Waals surface area contributed by atoms with Crippen molar-refractivity contribution in [2.45, 2.75) is 82.3 Å². The van der Waals surface area contributed by atoms with Crippen molar-refractivity contribution >= 4 is 21.8 Å². The zero-order valence-corrected chi connectivity index (χ0v) is 30.3. The topological polar surface area (TPSA) is 154 Å². The molecule has 5 atom stereocenters. The van der Waals surface area contributed by atoms with Gasteiger partial charge in [0, 0.05) is 18.8 Å². The van der Waals surface area contributed by atoms with Crippen LogP contribution in [-0.4, -0.2) is 80.3 Å². The van der Waals surface area contributed by atoms with E-state index in [0.29, 0.717) is 36.6 Å². The number of ether oxygens (including phenoxy) is 5. The Morgan fingerprint density at radius 2 is 1.82 bits per heavy atom. The molecular weight excluding hydrogens is 673 g/mol. The molecule has 3 aromatic rings. The summed E-state index contributed by atoms with van der Waals surface area (Å²) in [5.41, 5.74) is 7.55. The first kappa shape index (κ1) is 36.6. The Labute approximate surface area is 300 Å². The van der Waals surface area contributed by atoms with Gasteiger partial charge in [-0.25, -0.2) is 13.2 Å². The molecule has 3 fully saturated rings. The second-order valence-corrected chi connectivity index (χ2v) is 16.2. The van der Waals surface area contributed by atoms with Crippen molar-refractivity contribution in [1.29, 1.82) is 5.26 Å². The summed E-state index contributed by atoms with van der Waals surface area (Å²) in [5, 5.41) is 9.21. The number of nitrogens with two attached hydrogens (primary N) is 1. The number of hydrogen-bond acceptors (Lipinski definition) is 10. The van der Waals surface area contributed by atoms with Crippen molar-refractivity contribution in [2.24, 2.45) is 11.8 Å². The summed E-state index contributed by atoms with van der Waals surface area (Å²) in [4.78, 5) is 15.9. The number of benzene rings is 3. The SMILES string of the molecule is CC(C)CN(CC1OC(C)(C)N(C(=O)OC2COC3OCCC23)C1Cc1ccc(OCc2cccc(C#N)c2)cc1)S(=O)(=O)c1ccc(N)cc1. The molecule has 0 radical (unpaired) electrons. The first-order chi connectivity index (χ1) is 24.3. The van der Waals surface area contributed by atoms with Gasteiger partial charge in [0.25, 0.3) is 0 Å². The molecule has 3 aromatic carbocycles. The van der Waals surface area contributed by atoms with Gasteiger partial charge in [-0.15, -0.1) is 0 Å². The molecule has 6 rings (SSSR count). The lowest BCUT2D eigenvalue weighted by atomic mass is 9.99. The third-order valence-corrected chi connectivity index (χ3v) is 11.4. The number of nitrogens with zero attached hydrogens (tertiary/aromatic N) is 3. The molecular formula is C38H46N4O8S. The van der Waals surface area contributed by atoms with Crippen LogP contribution in [0.15, 0.2) is 77.7 Å². The van der Waals surface area contributed by atoms with Gasteiger partial charge in [-0.1, -0.05) is 38.1 Å². The normalized spacial score (nSPS) is 24.1. The lowest BCUT2D eigenvalue weighted by Crippen LogP contribution is -2.51. The summed E-state index contributed by atoms with van der Waals surface area (Å²) >= 11 is 0. The molecule has 3 saturated heterocycles. The average Bonchev–Trinajstić information content (AvgIpc) is 3.78. The second kappa shape index (κ2) is 15.2. The number of amides is 1. The molecule has 3 heterocycles. The molecule has 0 bridgehead atoms. The van der Waals surface area contributed by atoms with E-state index in [-0.39, 0.29) is 42.7 Å². The molecule has 3 aliphatic heterocycles. The maximum absolute atomic E-state index is 14.1. The van der Waals surface area contributed by atoms with Crippen LogP contribution in [0.4, 0.5) is 10.5 Å². The molecule has 51 heavy (non-hydrogen) atoms. The smallest absolute Gasteiger partial charge is 0.412 e. The predicted molar refractivity (Wildman–Crippen MR) is 189 cm³/mol. The highest BCUT2D eigenvalue weighted by molar-refractivity contribution is 7.89. The van der Waals surface area contributed by atoms with E-state index in [1.54, 1.807) is 43.0 Å². The minimum absolute atomic E-state index is 0.0107. The predicted octanol–water partition coefficient (Wildman–Crippen LogP) is 5.31. The summed E-state index contributed by atoms with van der Waals surface area (Å²) in [5.74, 6) is 0.613. The Balaban J connectivity index is 1.26. The molecule has 272 valence electrons. The van der Waals surface area contributed by atoms with Gasteiger partial charge >= 0.3 is 6.09 Å². The standard InChI is InChI=1S/C38H46N4O8S/c1-25(2)21-41(51(44,45)31-14-10-29(40)11-15-31)22-34-33(19-26-8-12-30(13-9-26)47-23-28-7-5-6-27(18-28)20-39)42(38(3,4)50-34)37(43)49-35-24-48-36-32(35)16-17-46-36/h5-15,18,25,32-36H,16-17,19,21-24,40H2,1-4H3. The van der Waals surface area contributed by atoms with E-state index in [2.05, 4.69) is 6.07 Å². The van der Waals surface area contributed by atoms with Crippen molar-refractivity contribution in [2.75, 3.05) is 32.0 Å². The number of sulfonamides is 1. The quantitative estimate of drug-likeness (QED) is 0.244. The fourth-order valence-electron chi connectivity index (χ4n) is 7.07. The van der Waals surface area contributed by atoms with Gasteiger partial charge in [-0.3, -0.25) is 4.90 Å². The minimum atomic E-state index is -3.94. The van der Waals surface area contributed by atoms with Gasteiger partial charge < -0.3 is 29.4 Å². The van der Waals surface area contributed by atoms with Gasteiger partial charge in [0.15, 0.2) is 6.29 Å². The lowest BCUT2D eigenvalue weighted by molar-refractivity contribution is -0.0911. The molecule has 13 heteroatoms. The van der Waals surface area contributed by atoms with Crippen molar-refractivity contribution in [3.8, 4) is 11.8 Å². The van der Waals surface area contributed by atoms with Gasteiger partial charge in [-0.05, 0) is 92.3 Å². The summed E-state index contributed by atoms with van der Waals surface area (Å²) in [6.45, 7) is 8.86. The lowest BCUT2D eigenvalue weighted by Gasteiger charge is -2.34. The Kier molecular flexibility index (Phi) is 10.9. The van der Waals surface area contributed by atoms with Crippen molar-refractivity contribution < 1.29 is 36.9 Å². The van der Waals surface area contributed by atoms with Gasteiger partial charge in [-0.2, -0.15) is 9.57 Å². The fourth-order valence-corrected chi connectivity index (χ4v) is 8.69. The monoisotopic (exact) mass is 718 g/mol. The number of nitriles is 1. The zero-order chi connectivity index (χ0) is 36.3. The van der Waals surface area contributed by atoms with E-state index in [0.717, 1.165) is 17.5 Å². The summed E-state index contributed by atoms with van der Waals surface area (Å²) in [6.07, 6.45) is -0.991. The summed E-state index contributed by atoms with van der Waals surface area (Å²) < 4.78 is 59.6. The fraction of sp³-hybridized carbons (Fsp3) is 0.474. The molecule has 0 aromatic heterocycles. The van der Waals surface area contributed by atoms with Crippen LogP contribution in [0.25, 0.3) is 0 Å². The van der Waals surface area contributed by atoms with Crippen molar-refractivity contribution in [3.05, 3.63) is 89.5 Å². The zero-order valence-electron chi connectivity index (χ0n) is 29.4. The Morgan fingerprint density at radius 3 is 2.53 bits per heavy atom. The second-order valence-electron chi connectivity index (χ2n) is 14.2. The van der Waals surface area contributed by atoms with E-state index >= 15 is 0 Å². The van der Waals surface area contributed by atoms with E-state index in [1.807, 2.05) is 50.2 Å². The van der Waals surface area contributed by atoms with Crippen LogP contribution in [0.5, 0.6) is 5.75 Å². The maximum atomic E-state index is 14.1. The Hall–Kier alpha value is -4.19. The number of fused-ring (bicyclic) bond motifs is 1. The molecule has 1 amide bonds. The van der Waals surface area contributed by atoms with Crippen molar-refractivity contribution in [3.63, 3.8) is 0 Å². The molecule has 0 saturated carbocycles. The van der Waals surface area contributed by atoms with Crippen molar-refractivity contribution in [1.82, 2.24) is 9.21 Å². The average molecular weight is 719 g/mol. The largest absolute Gasteiger partial charge is 0.489 e. The minimum Gasteiger partial charge on any atom is -0.489 e. The Morgan fingerprint density at radius 1 is 1.08 bits per heavy atom. The number of hydrogen-bond donors (Lipinski definition) is 1. The van der Waals surface area contributed by atoms with E-state index in [9.17, 15) is 18.5 Å². The molecule has 2 N–H and O–H groups in total. The van der Waals surface area contributed by atoms with Crippen LogP contribution in [0.2, 0.25) is 0 Å². The molecule has 0 spiro atoms. The molecule has 12 nitrogen and oxygen atoms in total. The van der Waals surface area contributed by atoms with E-state index in [1.165, 1.54) is 16.4 Å². The third kappa shape index (κ3) is 8.32. The van der Waals surface area contributed by atoms with E-state index < -0.39 is 40.1 Å². The third-order valence-electron chi connectivity index (χ3n) is 9.51. The molecule has 5 unspecified atom stereocenters. The van der Waals surface area contributed by atoms with Crippen LogP contribution in [0.3, 0.4) is 0 Å². The Bertz CT molecular complexity index is 1830. The summed E-state index contributed by atoms with van der Waals surface area (Å²) in [7, 11) is -3.94. The number of anilines is 1. The first-order valence-corrected chi connectivity index (χ1v) is 18.8. The number of rotatable bonds is 12. The van der Waals surface area contributed by atoms with E-state index in [4.69, 9.17) is 29.4 Å². The highest BCUT2D eigenvalue weighted by Crippen LogP contribution is 2.39. The van der Waals surface area contributed by atoms with Crippen LogP contribution in [-0.2, 0) is 42.0 Å². The van der Waals surface area contributed by atoms with Crippen LogP contribution < -0.4 is 10.5 Å². The highest BCUT2D eigenvalue weighted by atomic mass is 32.2. The number of nitrogen functional groups attached to an aromatic ring is 1. The first-order valence-electron chi connectivity index (χ1n) is 17.3. The van der Waals surface area contributed by atoms with Crippen LogP contribution >= 0.6 is 0 Å². The maximum Gasteiger partial charge on any atom is 0.412 e. The highest BCUT2D eigenvalue weighted by Gasteiger charge is 2.53.